The highest BCUT2D eigenvalue weighted by atomic mass is 32.2. The molecule has 2 N–H and O–H groups in total. The van der Waals surface area contributed by atoms with Gasteiger partial charge in [0.1, 0.15) is 5.82 Å². The van der Waals surface area contributed by atoms with Crippen LogP contribution < -0.4 is 14.9 Å². The van der Waals surface area contributed by atoms with Crippen molar-refractivity contribution in [2.75, 3.05) is 28.0 Å². The van der Waals surface area contributed by atoms with E-state index in [1.165, 1.54) is 0 Å². The summed E-state index contributed by atoms with van der Waals surface area (Å²) in [6.07, 6.45) is -2.22. The zero-order chi connectivity index (χ0) is 24.3. The number of nitrogens with one attached hydrogen (secondary N) is 2. The van der Waals surface area contributed by atoms with Gasteiger partial charge in [-0.1, -0.05) is 12.1 Å². The van der Waals surface area contributed by atoms with E-state index in [1.807, 2.05) is 13.0 Å². The fraction of sp³-hybridized carbons (Fsp3) is 0.304. The van der Waals surface area contributed by atoms with Gasteiger partial charge in [-0.15, -0.1) is 0 Å². The molecule has 180 valence electrons. The number of hydrogen-bond donors (Lipinski definition) is 2. The fourth-order valence-electron chi connectivity index (χ4n) is 3.67. The molecular formula is C23H24F3N5O2S. The molecule has 4 rings (SSSR count). The number of rotatable bonds is 7. The summed E-state index contributed by atoms with van der Waals surface area (Å²) >= 11 is 0. The third-order valence-electron chi connectivity index (χ3n) is 5.30. The summed E-state index contributed by atoms with van der Waals surface area (Å²) in [7, 11) is -3.81. The van der Waals surface area contributed by atoms with E-state index in [2.05, 4.69) is 24.9 Å². The zero-order valence-corrected chi connectivity index (χ0v) is 19.2. The van der Waals surface area contributed by atoms with Gasteiger partial charge in [0, 0.05) is 36.2 Å². The SMILES string of the molecule is Cc1cc(Nc2ccc(NS(=O)(=O)Cc3ccc(C(F)(F)F)cc3)cc2)nc(N2CCCC2)n1. The van der Waals surface area contributed by atoms with E-state index in [0.29, 0.717) is 17.5 Å². The van der Waals surface area contributed by atoms with E-state index in [-0.39, 0.29) is 5.56 Å². The Balaban J connectivity index is 1.39. The number of hydrogen-bond acceptors (Lipinski definition) is 6. The predicted octanol–water partition coefficient (Wildman–Crippen LogP) is 5.09. The second kappa shape index (κ2) is 9.49. The Hall–Kier alpha value is -3.34. The predicted molar refractivity (Wildman–Crippen MR) is 126 cm³/mol. The Labute approximate surface area is 196 Å². The van der Waals surface area contributed by atoms with Gasteiger partial charge >= 0.3 is 6.18 Å². The van der Waals surface area contributed by atoms with Gasteiger partial charge in [-0.2, -0.15) is 18.2 Å². The number of benzene rings is 2. The van der Waals surface area contributed by atoms with E-state index >= 15 is 0 Å². The Morgan fingerprint density at radius 2 is 1.56 bits per heavy atom. The van der Waals surface area contributed by atoms with Crippen molar-refractivity contribution in [1.29, 1.82) is 0 Å². The van der Waals surface area contributed by atoms with Crippen molar-refractivity contribution >= 4 is 33.2 Å². The largest absolute Gasteiger partial charge is 0.416 e. The molecule has 1 saturated heterocycles. The number of anilines is 4. The highest BCUT2D eigenvalue weighted by Gasteiger charge is 2.30. The lowest BCUT2D eigenvalue weighted by molar-refractivity contribution is -0.137. The Bertz CT molecular complexity index is 1240. The summed E-state index contributed by atoms with van der Waals surface area (Å²) in [4.78, 5) is 11.2. The van der Waals surface area contributed by atoms with Crippen LogP contribution in [0.2, 0.25) is 0 Å². The molecule has 0 unspecified atom stereocenters. The minimum absolute atomic E-state index is 0.256. The van der Waals surface area contributed by atoms with E-state index < -0.39 is 27.5 Å². The number of aromatic nitrogens is 2. The van der Waals surface area contributed by atoms with E-state index in [1.54, 1.807) is 24.3 Å². The van der Waals surface area contributed by atoms with Gasteiger partial charge < -0.3 is 10.2 Å². The van der Waals surface area contributed by atoms with Crippen molar-refractivity contribution in [3.63, 3.8) is 0 Å². The molecular weight excluding hydrogens is 467 g/mol. The van der Waals surface area contributed by atoms with Crippen molar-refractivity contribution in [2.24, 2.45) is 0 Å². The molecule has 0 saturated carbocycles. The number of sulfonamides is 1. The van der Waals surface area contributed by atoms with Gasteiger partial charge in [-0.25, -0.2) is 13.4 Å². The van der Waals surface area contributed by atoms with Gasteiger partial charge in [0.2, 0.25) is 16.0 Å². The van der Waals surface area contributed by atoms with Gasteiger partial charge in [-0.3, -0.25) is 4.72 Å². The summed E-state index contributed by atoms with van der Waals surface area (Å²) in [6.45, 7) is 3.77. The van der Waals surface area contributed by atoms with Crippen LogP contribution in [0, 0.1) is 6.92 Å². The number of alkyl halides is 3. The molecule has 0 atom stereocenters. The second-order valence-electron chi connectivity index (χ2n) is 8.15. The minimum atomic E-state index is -4.47. The molecule has 0 spiro atoms. The van der Waals surface area contributed by atoms with Crippen LogP contribution in [-0.2, 0) is 22.0 Å². The fourth-order valence-corrected chi connectivity index (χ4v) is 4.87. The van der Waals surface area contributed by atoms with Crippen LogP contribution in [0.25, 0.3) is 0 Å². The minimum Gasteiger partial charge on any atom is -0.341 e. The third kappa shape index (κ3) is 6.16. The number of aryl methyl sites for hydroxylation is 1. The molecule has 2 heterocycles. The summed E-state index contributed by atoms with van der Waals surface area (Å²) < 4.78 is 65.4. The summed E-state index contributed by atoms with van der Waals surface area (Å²) in [5, 5.41) is 3.21. The smallest absolute Gasteiger partial charge is 0.341 e. The van der Waals surface area contributed by atoms with Gasteiger partial charge in [0.15, 0.2) is 0 Å². The van der Waals surface area contributed by atoms with Crippen molar-refractivity contribution in [3.05, 3.63) is 71.4 Å². The van der Waals surface area contributed by atoms with Crippen molar-refractivity contribution in [1.82, 2.24) is 9.97 Å². The van der Waals surface area contributed by atoms with Gasteiger partial charge in [-0.05, 0) is 61.7 Å². The van der Waals surface area contributed by atoms with E-state index in [9.17, 15) is 21.6 Å². The van der Waals surface area contributed by atoms with Crippen LogP contribution in [0.5, 0.6) is 0 Å². The molecule has 0 aliphatic carbocycles. The van der Waals surface area contributed by atoms with Gasteiger partial charge in [0.25, 0.3) is 0 Å². The van der Waals surface area contributed by atoms with Gasteiger partial charge in [0.05, 0.1) is 11.3 Å². The lowest BCUT2D eigenvalue weighted by atomic mass is 10.1. The zero-order valence-electron chi connectivity index (χ0n) is 18.4. The average Bonchev–Trinajstić information content (AvgIpc) is 3.29. The molecule has 11 heteroatoms. The van der Waals surface area contributed by atoms with E-state index in [0.717, 1.165) is 61.6 Å². The first-order valence-electron chi connectivity index (χ1n) is 10.7. The Morgan fingerprint density at radius 3 is 2.18 bits per heavy atom. The standard InChI is InChI=1S/C23H24F3N5O2S/c1-16-14-21(29-22(27-16)31-12-2-3-13-31)28-19-8-10-20(11-9-19)30-34(32,33)15-17-4-6-18(7-5-17)23(24,25)26/h4-11,14,30H,2-3,12-13,15H2,1H3,(H,27,28,29). The van der Waals surface area contributed by atoms with Crippen LogP contribution in [-0.4, -0.2) is 31.5 Å². The summed E-state index contributed by atoms with van der Waals surface area (Å²) in [5.41, 5.74) is 1.33. The summed E-state index contributed by atoms with van der Waals surface area (Å²) in [6, 6.07) is 12.5. The first-order chi connectivity index (χ1) is 16.1. The number of halogens is 3. The van der Waals surface area contributed by atoms with Crippen LogP contribution in [0.15, 0.2) is 54.6 Å². The van der Waals surface area contributed by atoms with E-state index in [4.69, 9.17) is 0 Å². The maximum absolute atomic E-state index is 12.7. The normalized spacial score (nSPS) is 14.3. The molecule has 0 bridgehead atoms. The Morgan fingerprint density at radius 1 is 0.941 bits per heavy atom. The molecule has 1 aliphatic heterocycles. The maximum Gasteiger partial charge on any atom is 0.416 e. The lowest BCUT2D eigenvalue weighted by Gasteiger charge is -2.17. The average molecular weight is 492 g/mol. The van der Waals surface area contributed by atoms with Crippen molar-refractivity contribution in [3.8, 4) is 0 Å². The highest BCUT2D eigenvalue weighted by molar-refractivity contribution is 7.91. The lowest BCUT2D eigenvalue weighted by Crippen LogP contribution is -2.21. The topological polar surface area (TPSA) is 87.2 Å². The molecule has 34 heavy (non-hydrogen) atoms. The van der Waals surface area contributed by atoms with Crippen LogP contribution in [0.4, 0.5) is 36.3 Å². The van der Waals surface area contributed by atoms with Crippen LogP contribution in [0.3, 0.4) is 0 Å². The van der Waals surface area contributed by atoms with Crippen LogP contribution in [0.1, 0.15) is 29.7 Å². The monoisotopic (exact) mass is 491 g/mol. The molecule has 0 radical (unpaired) electrons. The molecule has 0 amide bonds. The van der Waals surface area contributed by atoms with Crippen LogP contribution >= 0.6 is 0 Å². The second-order valence-corrected chi connectivity index (χ2v) is 9.87. The Kier molecular flexibility index (Phi) is 6.65. The molecule has 2 aromatic carbocycles. The summed E-state index contributed by atoms with van der Waals surface area (Å²) in [5.74, 6) is 0.891. The quantitative estimate of drug-likeness (QED) is 0.479. The van der Waals surface area contributed by atoms with Crippen molar-refractivity contribution < 1.29 is 21.6 Å². The highest BCUT2D eigenvalue weighted by Crippen LogP contribution is 2.29. The molecule has 1 aromatic heterocycles. The maximum atomic E-state index is 12.7. The first-order valence-corrected chi connectivity index (χ1v) is 12.4. The third-order valence-corrected chi connectivity index (χ3v) is 6.56. The molecule has 1 aliphatic rings. The van der Waals surface area contributed by atoms with Crippen molar-refractivity contribution in [2.45, 2.75) is 31.7 Å². The molecule has 1 fully saturated rings. The number of nitrogens with zero attached hydrogens (tertiary/aromatic N) is 3. The molecule has 7 nitrogen and oxygen atoms in total. The molecule has 3 aromatic rings. The first kappa shape index (κ1) is 23.8.